The Kier molecular flexibility index (Phi) is 2.09. The van der Waals surface area contributed by atoms with Crippen LogP contribution in [-0.2, 0) is 4.74 Å². The maximum absolute atomic E-state index is 5.83. The van der Waals surface area contributed by atoms with Crippen LogP contribution in [0.25, 0.3) is 0 Å². The van der Waals surface area contributed by atoms with Gasteiger partial charge < -0.3 is 10.5 Å². The second-order valence-corrected chi connectivity index (χ2v) is 2.96. The Morgan fingerprint density at radius 3 is 2.67 bits per heavy atom. The fourth-order valence-corrected chi connectivity index (χ4v) is 0.979. The number of methoxy groups -OCH3 is 1. The van der Waals surface area contributed by atoms with Gasteiger partial charge in [-0.25, -0.2) is 0 Å². The molecule has 0 bridgehead atoms. The summed E-state index contributed by atoms with van der Waals surface area (Å²) in [5.74, 6) is 0. The Bertz CT molecular complexity index is 88.9. The largest absolute Gasteiger partial charge is 0.385 e. The normalized spacial score (nSPS) is 22.0. The van der Waals surface area contributed by atoms with Gasteiger partial charge in [0.05, 0.1) is 0 Å². The molecule has 0 spiro atoms. The van der Waals surface area contributed by atoms with E-state index in [2.05, 4.69) is 0 Å². The van der Waals surface area contributed by atoms with E-state index in [1.165, 1.54) is 12.8 Å². The Labute approximate surface area is 56.4 Å². The Morgan fingerprint density at radius 2 is 2.22 bits per heavy atom. The Hall–Kier alpha value is -0.0800. The molecule has 2 N–H and O–H groups in total. The van der Waals surface area contributed by atoms with E-state index in [4.69, 9.17) is 10.5 Å². The van der Waals surface area contributed by atoms with Crippen molar-refractivity contribution >= 4 is 0 Å². The van der Waals surface area contributed by atoms with E-state index in [1.54, 1.807) is 7.11 Å². The summed E-state index contributed by atoms with van der Waals surface area (Å²) in [5, 5.41) is 0. The van der Waals surface area contributed by atoms with E-state index in [-0.39, 0.29) is 5.54 Å². The van der Waals surface area contributed by atoms with E-state index in [0.29, 0.717) is 0 Å². The molecule has 1 rings (SSSR count). The molecule has 0 amide bonds. The van der Waals surface area contributed by atoms with Gasteiger partial charge in [0.1, 0.15) is 0 Å². The minimum atomic E-state index is 0.221. The summed E-state index contributed by atoms with van der Waals surface area (Å²) in [7, 11) is 1.73. The van der Waals surface area contributed by atoms with Crippen LogP contribution in [-0.4, -0.2) is 19.3 Å². The molecule has 9 heavy (non-hydrogen) atoms. The van der Waals surface area contributed by atoms with Gasteiger partial charge >= 0.3 is 0 Å². The summed E-state index contributed by atoms with van der Waals surface area (Å²) >= 11 is 0. The molecule has 1 aliphatic carbocycles. The van der Waals surface area contributed by atoms with Crippen LogP contribution < -0.4 is 5.73 Å². The van der Waals surface area contributed by atoms with Crippen LogP contribution in [0.15, 0.2) is 0 Å². The zero-order valence-electron chi connectivity index (χ0n) is 6.02. The van der Waals surface area contributed by atoms with Crippen molar-refractivity contribution in [2.45, 2.75) is 31.2 Å². The lowest BCUT2D eigenvalue weighted by Crippen LogP contribution is -2.21. The van der Waals surface area contributed by atoms with Crippen molar-refractivity contribution in [1.29, 1.82) is 0 Å². The highest BCUT2D eigenvalue weighted by Crippen LogP contribution is 2.36. The molecule has 0 radical (unpaired) electrons. The predicted molar refractivity (Wildman–Crippen MR) is 37.3 cm³/mol. The SMILES string of the molecule is COCCCC1(N)CC1. The van der Waals surface area contributed by atoms with Crippen LogP contribution in [0.2, 0.25) is 0 Å². The third-order valence-electron chi connectivity index (χ3n) is 1.92. The lowest BCUT2D eigenvalue weighted by atomic mass is 10.1. The van der Waals surface area contributed by atoms with Crippen molar-refractivity contribution in [3.8, 4) is 0 Å². The Morgan fingerprint density at radius 1 is 1.56 bits per heavy atom. The molecule has 0 heterocycles. The summed E-state index contributed by atoms with van der Waals surface area (Å²) in [4.78, 5) is 0. The fourth-order valence-electron chi connectivity index (χ4n) is 0.979. The monoisotopic (exact) mass is 129 g/mol. The van der Waals surface area contributed by atoms with E-state index in [0.717, 1.165) is 19.4 Å². The first-order chi connectivity index (χ1) is 4.27. The second-order valence-electron chi connectivity index (χ2n) is 2.96. The van der Waals surface area contributed by atoms with Crippen LogP contribution in [0.3, 0.4) is 0 Å². The highest BCUT2D eigenvalue weighted by Gasteiger charge is 2.36. The molecule has 2 heteroatoms. The summed E-state index contributed by atoms with van der Waals surface area (Å²) in [6, 6.07) is 0. The van der Waals surface area contributed by atoms with Gasteiger partial charge in [-0.05, 0) is 25.7 Å². The summed E-state index contributed by atoms with van der Waals surface area (Å²) < 4.78 is 4.91. The molecule has 0 aromatic carbocycles. The third-order valence-corrected chi connectivity index (χ3v) is 1.92. The van der Waals surface area contributed by atoms with Crippen molar-refractivity contribution in [1.82, 2.24) is 0 Å². The van der Waals surface area contributed by atoms with Crippen LogP contribution >= 0.6 is 0 Å². The summed E-state index contributed by atoms with van der Waals surface area (Å²) in [5.41, 5.74) is 6.05. The molecule has 0 aromatic rings. The van der Waals surface area contributed by atoms with Crippen molar-refractivity contribution < 1.29 is 4.74 Å². The van der Waals surface area contributed by atoms with Crippen molar-refractivity contribution in [3.05, 3.63) is 0 Å². The maximum atomic E-state index is 5.83. The highest BCUT2D eigenvalue weighted by atomic mass is 16.5. The third kappa shape index (κ3) is 2.33. The van der Waals surface area contributed by atoms with E-state index >= 15 is 0 Å². The van der Waals surface area contributed by atoms with Crippen molar-refractivity contribution in [2.24, 2.45) is 5.73 Å². The van der Waals surface area contributed by atoms with Crippen LogP contribution in [0, 0.1) is 0 Å². The lowest BCUT2D eigenvalue weighted by molar-refractivity contribution is 0.189. The standard InChI is InChI=1S/C7H15NO/c1-9-6-2-3-7(8)4-5-7/h2-6,8H2,1H3. The first kappa shape index (κ1) is 7.03. The number of ether oxygens (including phenoxy) is 1. The van der Waals surface area contributed by atoms with E-state index in [9.17, 15) is 0 Å². The fraction of sp³-hybridized carbons (Fsp3) is 1.00. The molecule has 1 saturated carbocycles. The smallest absolute Gasteiger partial charge is 0.0462 e. The molecule has 0 aromatic heterocycles. The summed E-state index contributed by atoms with van der Waals surface area (Å²) in [6.45, 7) is 0.860. The van der Waals surface area contributed by atoms with E-state index in [1.807, 2.05) is 0 Å². The number of hydrogen-bond acceptors (Lipinski definition) is 2. The van der Waals surface area contributed by atoms with Gasteiger partial charge in [0.15, 0.2) is 0 Å². The van der Waals surface area contributed by atoms with Crippen molar-refractivity contribution in [2.75, 3.05) is 13.7 Å². The van der Waals surface area contributed by atoms with Gasteiger partial charge in [-0.3, -0.25) is 0 Å². The molecule has 0 aliphatic heterocycles. The first-order valence-corrected chi connectivity index (χ1v) is 3.55. The van der Waals surface area contributed by atoms with E-state index < -0.39 is 0 Å². The van der Waals surface area contributed by atoms with Gasteiger partial charge in [-0.2, -0.15) is 0 Å². The first-order valence-electron chi connectivity index (χ1n) is 3.55. The quantitative estimate of drug-likeness (QED) is 0.572. The highest BCUT2D eigenvalue weighted by molar-refractivity contribution is 4.97. The molecule has 54 valence electrons. The van der Waals surface area contributed by atoms with Crippen LogP contribution in [0.1, 0.15) is 25.7 Å². The van der Waals surface area contributed by atoms with Crippen LogP contribution in [0.4, 0.5) is 0 Å². The average Bonchev–Trinajstić information content (AvgIpc) is 2.50. The minimum absolute atomic E-state index is 0.221. The predicted octanol–water partition coefficient (Wildman–Crippen LogP) is 0.904. The number of rotatable bonds is 4. The van der Waals surface area contributed by atoms with Gasteiger partial charge in [-0.1, -0.05) is 0 Å². The molecule has 1 aliphatic rings. The molecule has 1 fully saturated rings. The second kappa shape index (κ2) is 2.67. The van der Waals surface area contributed by atoms with Crippen LogP contribution in [0.5, 0.6) is 0 Å². The molecule has 0 atom stereocenters. The molecular weight excluding hydrogens is 114 g/mol. The zero-order chi connectivity index (χ0) is 6.74. The molecule has 2 nitrogen and oxygen atoms in total. The molecular formula is C7H15NO. The van der Waals surface area contributed by atoms with Gasteiger partial charge in [-0.15, -0.1) is 0 Å². The lowest BCUT2D eigenvalue weighted by Gasteiger charge is -2.05. The number of hydrogen-bond donors (Lipinski definition) is 1. The van der Waals surface area contributed by atoms with Gasteiger partial charge in [0.2, 0.25) is 0 Å². The van der Waals surface area contributed by atoms with Gasteiger partial charge in [0.25, 0.3) is 0 Å². The van der Waals surface area contributed by atoms with Gasteiger partial charge in [0, 0.05) is 19.3 Å². The molecule has 0 saturated heterocycles. The maximum Gasteiger partial charge on any atom is 0.0462 e. The number of nitrogens with two attached hydrogens (primary N) is 1. The zero-order valence-corrected chi connectivity index (χ0v) is 6.02. The average molecular weight is 129 g/mol. The molecule has 0 unspecified atom stereocenters. The topological polar surface area (TPSA) is 35.2 Å². The Balaban J connectivity index is 1.92. The van der Waals surface area contributed by atoms with Crippen molar-refractivity contribution in [3.63, 3.8) is 0 Å². The minimum Gasteiger partial charge on any atom is -0.385 e. The summed E-state index contributed by atoms with van der Waals surface area (Å²) in [6.07, 6.45) is 4.70.